The van der Waals surface area contributed by atoms with Crippen LogP contribution in [0.1, 0.15) is 109 Å². The van der Waals surface area contributed by atoms with Gasteiger partial charge in [0, 0.05) is 5.92 Å². The summed E-state index contributed by atoms with van der Waals surface area (Å²) < 4.78 is 34.2. The molecule has 0 radical (unpaired) electrons. The van der Waals surface area contributed by atoms with E-state index in [0.717, 1.165) is 49.9 Å². The van der Waals surface area contributed by atoms with Crippen molar-refractivity contribution >= 4 is 0 Å². The highest BCUT2D eigenvalue weighted by atomic mass is 19.2. The average Bonchev–Trinajstić information content (AvgIpc) is 2.83. The Kier molecular flexibility index (Phi) is 10.4. The summed E-state index contributed by atoms with van der Waals surface area (Å²) in [6.45, 7) is 4.80. The molecule has 1 aromatic rings. The van der Waals surface area contributed by atoms with Crippen molar-refractivity contribution in [1.82, 2.24) is 0 Å². The van der Waals surface area contributed by atoms with Crippen molar-refractivity contribution in [2.75, 3.05) is 6.61 Å². The molecular weight excluding hydrogens is 402 g/mol. The van der Waals surface area contributed by atoms with Gasteiger partial charge in [-0.25, -0.2) is 4.39 Å². The third kappa shape index (κ3) is 7.23. The molecule has 0 aromatic heterocycles. The Morgan fingerprint density at radius 3 is 2.12 bits per heavy atom. The van der Waals surface area contributed by atoms with Crippen LogP contribution in [0, 0.1) is 47.1 Å². The predicted octanol–water partition coefficient (Wildman–Crippen LogP) is 8.69. The van der Waals surface area contributed by atoms with Crippen molar-refractivity contribution in [1.29, 1.82) is 0 Å². The summed E-state index contributed by atoms with van der Waals surface area (Å²) in [6.07, 6.45) is 17.4. The third-order valence-corrected chi connectivity index (χ3v) is 7.76. The summed E-state index contributed by atoms with van der Waals surface area (Å²) in [5.41, 5.74) is 0.149. The second-order valence-electron chi connectivity index (χ2n) is 10.1. The van der Waals surface area contributed by atoms with Crippen LogP contribution in [0.3, 0.4) is 0 Å². The van der Waals surface area contributed by atoms with Gasteiger partial charge in [0.2, 0.25) is 5.82 Å². The van der Waals surface area contributed by atoms with Crippen LogP contribution in [0.5, 0.6) is 5.75 Å². The maximum absolute atomic E-state index is 14.4. The minimum atomic E-state index is -0.911. The van der Waals surface area contributed by atoms with Gasteiger partial charge in [-0.05, 0) is 74.8 Å². The van der Waals surface area contributed by atoms with E-state index >= 15 is 0 Å². The number of rotatable bonds is 9. The lowest BCUT2D eigenvalue weighted by Crippen LogP contribution is -2.25. The molecule has 0 saturated heterocycles. The van der Waals surface area contributed by atoms with Gasteiger partial charge in [-0.3, -0.25) is 0 Å². The molecule has 3 heteroatoms. The smallest absolute Gasteiger partial charge is 0.201 e. The fourth-order valence-electron chi connectivity index (χ4n) is 5.63. The van der Waals surface area contributed by atoms with Gasteiger partial charge in [-0.2, -0.15) is 4.39 Å². The number of hydrogen-bond acceptors (Lipinski definition) is 1. The Labute approximate surface area is 194 Å². The molecule has 0 spiro atoms. The molecule has 0 heterocycles. The number of unbranched alkanes of at least 4 members (excludes halogenated alkanes) is 3. The highest BCUT2D eigenvalue weighted by molar-refractivity contribution is 5.41. The summed E-state index contributed by atoms with van der Waals surface area (Å²) in [5.74, 6) is 7.40. The van der Waals surface area contributed by atoms with Gasteiger partial charge in [-0.1, -0.05) is 70.6 Å². The van der Waals surface area contributed by atoms with Crippen molar-refractivity contribution in [3.05, 3.63) is 29.3 Å². The molecule has 2 fully saturated rings. The minimum Gasteiger partial charge on any atom is -0.490 e. The van der Waals surface area contributed by atoms with E-state index < -0.39 is 11.6 Å². The first kappa shape index (κ1) is 25.1. The Bertz CT molecular complexity index is 746. The van der Waals surface area contributed by atoms with E-state index in [1.54, 1.807) is 6.07 Å². The molecule has 178 valence electrons. The summed E-state index contributed by atoms with van der Waals surface area (Å²) in [7, 11) is 0. The fraction of sp³-hybridized carbons (Fsp3) is 0.724. The van der Waals surface area contributed by atoms with E-state index in [2.05, 4.69) is 25.7 Å². The molecule has 32 heavy (non-hydrogen) atoms. The van der Waals surface area contributed by atoms with Crippen molar-refractivity contribution in [2.24, 2.45) is 23.7 Å². The molecular formula is C29H42F2O. The molecule has 0 atom stereocenters. The van der Waals surface area contributed by atoms with Crippen LogP contribution in [0.4, 0.5) is 8.78 Å². The Morgan fingerprint density at radius 2 is 1.47 bits per heavy atom. The summed E-state index contributed by atoms with van der Waals surface area (Å²) in [6, 6.07) is 3.07. The van der Waals surface area contributed by atoms with Crippen LogP contribution < -0.4 is 4.74 Å². The van der Waals surface area contributed by atoms with Gasteiger partial charge < -0.3 is 4.74 Å². The van der Waals surface area contributed by atoms with Gasteiger partial charge in [0.1, 0.15) is 0 Å². The van der Waals surface area contributed by atoms with E-state index in [0.29, 0.717) is 12.5 Å². The van der Waals surface area contributed by atoms with E-state index in [1.807, 2.05) is 0 Å². The van der Waals surface area contributed by atoms with Crippen LogP contribution in [-0.2, 0) is 0 Å². The number of benzene rings is 1. The highest BCUT2D eigenvalue weighted by Crippen LogP contribution is 2.42. The highest BCUT2D eigenvalue weighted by Gasteiger charge is 2.30. The second-order valence-corrected chi connectivity index (χ2v) is 10.1. The maximum Gasteiger partial charge on any atom is 0.201 e. The van der Waals surface area contributed by atoms with Gasteiger partial charge in [0.15, 0.2) is 11.6 Å². The summed E-state index contributed by atoms with van der Waals surface area (Å²) in [4.78, 5) is 0. The zero-order chi connectivity index (χ0) is 22.8. The van der Waals surface area contributed by atoms with Gasteiger partial charge >= 0.3 is 0 Å². The molecule has 1 aromatic carbocycles. The quantitative estimate of drug-likeness (QED) is 0.273. The summed E-state index contributed by atoms with van der Waals surface area (Å²) in [5, 5.41) is 0. The SMILES string of the molecule is CCCCCOc1ccc(C#C[C@H]2CC[C@H]([C@H]3CC[C@H](CCCC)CC3)CC2)c(F)c1F. The Hall–Kier alpha value is -1.56. The van der Waals surface area contributed by atoms with Crippen LogP contribution >= 0.6 is 0 Å². The van der Waals surface area contributed by atoms with Crippen LogP contribution in [-0.4, -0.2) is 6.61 Å². The molecule has 2 aliphatic carbocycles. The predicted molar refractivity (Wildman–Crippen MR) is 129 cm³/mol. The maximum atomic E-state index is 14.4. The van der Waals surface area contributed by atoms with Crippen molar-refractivity contribution in [3.8, 4) is 17.6 Å². The largest absolute Gasteiger partial charge is 0.490 e. The lowest BCUT2D eigenvalue weighted by Gasteiger charge is -2.37. The molecule has 0 amide bonds. The average molecular weight is 445 g/mol. The number of halogens is 2. The van der Waals surface area contributed by atoms with Crippen molar-refractivity contribution in [3.63, 3.8) is 0 Å². The standard InChI is InChI=1S/C29H42F2O/c1-3-5-7-21-32-27-20-19-26(28(30)29(27)31)18-13-23-11-16-25(17-12-23)24-14-9-22(10-15-24)8-6-4-2/h19-20,22-25H,3-12,14-17,21H2,1-2H3/t22-,23-,24-,25-. The number of ether oxygens (including phenoxy) is 1. The topological polar surface area (TPSA) is 9.23 Å². The molecule has 0 unspecified atom stereocenters. The normalized spacial score (nSPS) is 25.8. The Balaban J connectivity index is 1.46. The van der Waals surface area contributed by atoms with E-state index in [4.69, 9.17) is 4.74 Å². The molecule has 0 aliphatic heterocycles. The minimum absolute atomic E-state index is 0.00548. The first-order valence-electron chi connectivity index (χ1n) is 13.2. The zero-order valence-electron chi connectivity index (χ0n) is 20.2. The Morgan fingerprint density at radius 1 is 0.812 bits per heavy atom. The third-order valence-electron chi connectivity index (χ3n) is 7.76. The van der Waals surface area contributed by atoms with Gasteiger partial charge in [0.05, 0.1) is 12.2 Å². The first-order chi connectivity index (χ1) is 15.6. The molecule has 0 bridgehead atoms. The lowest BCUT2D eigenvalue weighted by molar-refractivity contribution is 0.153. The van der Waals surface area contributed by atoms with Crippen LogP contribution in [0.15, 0.2) is 12.1 Å². The van der Waals surface area contributed by atoms with Gasteiger partial charge in [0.25, 0.3) is 0 Å². The summed E-state index contributed by atoms with van der Waals surface area (Å²) >= 11 is 0. The first-order valence-corrected chi connectivity index (χ1v) is 13.2. The molecule has 1 nitrogen and oxygen atoms in total. The van der Waals surface area contributed by atoms with E-state index in [9.17, 15) is 8.78 Å². The number of hydrogen-bond donors (Lipinski definition) is 0. The van der Waals surface area contributed by atoms with E-state index in [-0.39, 0.29) is 11.3 Å². The molecule has 0 N–H and O–H groups in total. The molecule has 3 rings (SSSR count). The lowest BCUT2D eigenvalue weighted by atomic mass is 9.69. The van der Waals surface area contributed by atoms with Crippen LogP contribution in [0.2, 0.25) is 0 Å². The monoisotopic (exact) mass is 444 g/mol. The van der Waals surface area contributed by atoms with Crippen LogP contribution in [0.25, 0.3) is 0 Å². The molecule has 2 aliphatic rings. The molecule has 2 saturated carbocycles. The zero-order valence-corrected chi connectivity index (χ0v) is 20.2. The van der Waals surface area contributed by atoms with Crippen molar-refractivity contribution < 1.29 is 13.5 Å². The van der Waals surface area contributed by atoms with Gasteiger partial charge in [-0.15, -0.1) is 0 Å². The van der Waals surface area contributed by atoms with E-state index in [1.165, 1.54) is 63.9 Å². The second kappa shape index (κ2) is 13.2. The fourth-order valence-corrected chi connectivity index (χ4v) is 5.63. The van der Waals surface area contributed by atoms with Crippen molar-refractivity contribution in [2.45, 2.75) is 104 Å².